The van der Waals surface area contributed by atoms with Gasteiger partial charge in [-0.05, 0) is 25.7 Å². The standard InChI is InChI=1S/C19H23N3O3.ClH/c1-10-15(18(24)25-6)16(12-9-20-22(5)11(12)2)17-13(21-10)7-19(3,4)8-14(17)23;/h9H,7-8H2,1-6H3;1H. The van der Waals surface area contributed by atoms with Crippen molar-refractivity contribution in [2.75, 3.05) is 7.11 Å². The second-order valence-electron chi connectivity index (χ2n) is 7.47. The van der Waals surface area contributed by atoms with Crippen LogP contribution in [0.25, 0.3) is 11.1 Å². The van der Waals surface area contributed by atoms with Crippen molar-refractivity contribution >= 4 is 24.2 Å². The van der Waals surface area contributed by atoms with Crippen molar-refractivity contribution in [3.8, 4) is 11.1 Å². The van der Waals surface area contributed by atoms with Crippen LogP contribution in [-0.4, -0.2) is 33.6 Å². The largest absolute Gasteiger partial charge is 0.465 e. The number of pyridine rings is 1. The van der Waals surface area contributed by atoms with Gasteiger partial charge >= 0.3 is 5.97 Å². The molecule has 0 unspecified atom stereocenters. The number of ketones is 1. The summed E-state index contributed by atoms with van der Waals surface area (Å²) in [5.41, 5.74) is 4.36. The molecule has 2 aromatic heterocycles. The summed E-state index contributed by atoms with van der Waals surface area (Å²) >= 11 is 0. The zero-order valence-corrected chi connectivity index (χ0v) is 16.8. The van der Waals surface area contributed by atoms with Crippen LogP contribution in [0.3, 0.4) is 0 Å². The van der Waals surface area contributed by atoms with Gasteiger partial charge in [-0.15, -0.1) is 12.4 Å². The molecule has 0 saturated heterocycles. The molecule has 140 valence electrons. The topological polar surface area (TPSA) is 74.1 Å². The Balaban J connectivity index is 0.00000243. The molecule has 0 spiro atoms. The van der Waals surface area contributed by atoms with E-state index in [0.717, 1.165) is 17.0 Å². The van der Waals surface area contributed by atoms with Crippen molar-refractivity contribution in [2.24, 2.45) is 12.5 Å². The molecule has 6 nitrogen and oxygen atoms in total. The molecule has 0 aromatic carbocycles. The SMILES string of the molecule is COC(=O)c1c(C)nc2c(c1-c1cnn(C)c1C)C(=O)CC(C)(C)C2.Cl. The molecule has 1 aliphatic rings. The van der Waals surface area contributed by atoms with Gasteiger partial charge in [-0.2, -0.15) is 5.10 Å². The van der Waals surface area contributed by atoms with E-state index in [4.69, 9.17) is 4.74 Å². The lowest BCUT2D eigenvalue weighted by Gasteiger charge is -2.31. The number of Topliss-reactive ketones (excluding diaryl/α,β-unsaturated/α-hetero) is 1. The lowest BCUT2D eigenvalue weighted by molar-refractivity contribution is 0.0600. The molecule has 0 atom stereocenters. The fourth-order valence-corrected chi connectivity index (χ4v) is 3.60. The van der Waals surface area contributed by atoms with E-state index >= 15 is 0 Å². The summed E-state index contributed by atoms with van der Waals surface area (Å²) in [4.78, 5) is 30.0. The minimum Gasteiger partial charge on any atom is -0.465 e. The second-order valence-corrected chi connectivity index (χ2v) is 7.47. The van der Waals surface area contributed by atoms with Gasteiger partial charge in [0, 0.05) is 35.9 Å². The van der Waals surface area contributed by atoms with E-state index in [2.05, 4.69) is 23.9 Å². The molecular formula is C19H24ClN3O3. The van der Waals surface area contributed by atoms with E-state index in [1.165, 1.54) is 7.11 Å². The van der Waals surface area contributed by atoms with Gasteiger partial charge < -0.3 is 4.74 Å². The average Bonchev–Trinajstić information content (AvgIpc) is 2.83. The molecule has 7 heteroatoms. The number of carbonyl (C=O) groups excluding carboxylic acids is 2. The van der Waals surface area contributed by atoms with E-state index in [-0.39, 0.29) is 23.6 Å². The third kappa shape index (κ3) is 3.14. The number of halogens is 1. The minimum atomic E-state index is -0.483. The Morgan fingerprint density at radius 2 is 1.88 bits per heavy atom. The zero-order chi connectivity index (χ0) is 18.5. The molecule has 1 aliphatic carbocycles. The van der Waals surface area contributed by atoms with E-state index in [0.29, 0.717) is 35.2 Å². The molecule has 0 amide bonds. The minimum absolute atomic E-state index is 0. The summed E-state index contributed by atoms with van der Waals surface area (Å²) in [7, 11) is 3.17. The number of methoxy groups -OCH3 is 1. The molecule has 0 radical (unpaired) electrons. The fraction of sp³-hybridized carbons (Fsp3) is 0.474. The Morgan fingerprint density at radius 1 is 1.23 bits per heavy atom. The molecule has 0 N–H and O–H groups in total. The first kappa shape index (κ1) is 20.1. The van der Waals surface area contributed by atoms with E-state index in [9.17, 15) is 9.59 Å². The van der Waals surface area contributed by atoms with Gasteiger partial charge in [0.05, 0.1) is 30.3 Å². The maximum absolute atomic E-state index is 13.0. The zero-order valence-electron chi connectivity index (χ0n) is 16.0. The first-order chi connectivity index (χ1) is 11.7. The Morgan fingerprint density at radius 3 is 2.42 bits per heavy atom. The van der Waals surface area contributed by atoms with Crippen LogP contribution in [0.5, 0.6) is 0 Å². The number of fused-ring (bicyclic) bond motifs is 1. The Kier molecular flexibility index (Phi) is 5.29. The van der Waals surface area contributed by atoms with Crippen LogP contribution in [0.4, 0.5) is 0 Å². The van der Waals surface area contributed by atoms with Crippen molar-refractivity contribution in [2.45, 2.75) is 40.5 Å². The molecule has 26 heavy (non-hydrogen) atoms. The van der Waals surface area contributed by atoms with E-state index in [1.54, 1.807) is 17.8 Å². The summed E-state index contributed by atoms with van der Waals surface area (Å²) in [6.45, 7) is 7.83. The lowest BCUT2D eigenvalue weighted by atomic mass is 9.73. The highest BCUT2D eigenvalue weighted by atomic mass is 35.5. The van der Waals surface area contributed by atoms with Gasteiger partial charge in [0.15, 0.2) is 5.78 Å². The summed E-state index contributed by atoms with van der Waals surface area (Å²) in [5, 5.41) is 4.28. The van der Waals surface area contributed by atoms with E-state index in [1.807, 2.05) is 14.0 Å². The normalized spacial score (nSPS) is 15.2. The monoisotopic (exact) mass is 377 g/mol. The van der Waals surface area contributed by atoms with Gasteiger partial charge in [0.2, 0.25) is 0 Å². The van der Waals surface area contributed by atoms with Crippen LogP contribution in [0.2, 0.25) is 0 Å². The number of hydrogen-bond donors (Lipinski definition) is 0. The Hall–Kier alpha value is -2.21. The summed E-state index contributed by atoms with van der Waals surface area (Å²) in [6.07, 6.45) is 2.82. The predicted molar refractivity (Wildman–Crippen MR) is 101 cm³/mol. The Bertz CT molecular complexity index is 900. The molecule has 2 heterocycles. The van der Waals surface area contributed by atoms with Gasteiger partial charge in [0.25, 0.3) is 0 Å². The highest BCUT2D eigenvalue weighted by Gasteiger charge is 2.37. The fourth-order valence-electron chi connectivity index (χ4n) is 3.60. The third-order valence-electron chi connectivity index (χ3n) is 4.91. The van der Waals surface area contributed by atoms with Crippen LogP contribution in [-0.2, 0) is 18.2 Å². The average molecular weight is 378 g/mol. The number of aromatic nitrogens is 3. The lowest BCUT2D eigenvalue weighted by Crippen LogP contribution is -2.30. The van der Waals surface area contributed by atoms with Gasteiger partial charge in [-0.1, -0.05) is 13.8 Å². The highest BCUT2D eigenvalue weighted by molar-refractivity contribution is 6.10. The van der Waals surface area contributed by atoms with Crippen molar-refractivity contribution in [3.05, 3.63) is 34.4 Å². The Labute approximate surface area is 159 Å². The van der Waals surface area contributed by atoms with Gasteiger partial charge in [-0.3, -0.25) is 14.5 Å². The predicted octanol–water partition coefficient (Wildman–Crippen LogP) is 3.46. The number of rotatable bonds is 2. The molecule has 0 fully saturated rings. The number of nitrogens with zero attached hydrogens (tertiary/aromatic N) is 3. The van der Waals surface area contributed by atoms with Crippen LogP contribution in [0.1, 0.15) is 58.1 Å². The maximum atomic E-state index is 13.0. The first-order valence-electron chi connectivity index (χ1n) is 8.30. The summed E-state index contributed by atoms with van der Waals surface area (Å²) < 4.78 is 6.71. The van der Waals surface area contributed by atoms with Crippen LogP contribution < -0.4 is 0 Å². The molecular weight excluding hydrogens is 354 g/mol. The summed E-state index contributed by atoms with van der Waals surface area (Å²) in [5.74, 6) is -0.467. The van der Waals surface area contributed by atoms with Crippen LogP contribution in [0.15, 0.2) is 6.20 Å². The molecule has 0 aliphatic heterocycles. The van der Waals surface area contributed by atoms with Crippen LogP contribution >= 0.6 is 12.4 Å². The van der Waals surface area contributed by atoms with Crippen molar-refractivity contribution in [1.29, 1.82) is 0 Å². The van der Waals surface area contributed by atoms with Crippen molar-refractivity contribution in [1.82, 2.24) is 14.8 Å². The molecule has 0 saturated carbocycles. The first-order valence-corrected chi connectivity index (χ1v) is 8.30. The molecule has 0 bridgehead atoms. The number of ether oxygens (including phenoxy) is 1. The van der Waals surface area contributed by atoms with Gasteiger partial charge in [-0.25, -0.2) is 4.79 Å². The number of hydrogen-bond acceptors (Lipinski definition) is 5. The quantitative estimate of drug-likeness (QED) is 0.749. The van der Waals surface area contributed by atoms with E-state index < -0.39 is 5.97 Å². The molecule has 3 rings (SSSR count). The number of aryl methyl sites for hydroxylation is 2. The molecule has 2 aromatic rings. The van der Waals surface area contributed by atoms with Crippen molar-refractivity contribution < 1.29 is 14.3 Å². The second kappa shape index (κ2) is 6.83. The summed E-state index contributed by atoms with van der Waals surface area (Å²) in [6, 6.07) is 0. The van der Waals surface area contributed by atoms with Crippen molar-refractivity contribution in [3.63, 3.8) is 0 Å². The number of esters is 1. The van der Waals surface area contributed by atoms with Gasteiger partial charge in [0.1, 0.15) is 0 Å². The number of carbonyl (C=O) groups is 2. The highest BCUT2D eigenvalue weighted by Crippen LogP contribution is 2.41. The third-order valence-corrected chi connectivity index (χ3v) is 4.91. The smallest absolute Gasteiger partial charge is 0.340 e. The maximum Gasteiger partial charge on any atom is 0.340 e. The van der Waals surface area contributed by atoms with Crippen LogP contribution in [0, 0.1) is 19.3 Å².